The molecule has 7 N–H and O–H groups in total. The third-order valence-corrected chi connectivity index (χ3v) is 6.22. The summed E-state index contributed by atoms with van der Waals surface area (Å²) < 4.78 is 0.359. The third-order valence-electron chi connectivity index (χ3n) is 5.37. The first-order valence-electron chi connectivity index (χ1n) is 10.7. The van der Waals surface area contributed by atoms with Gasteiger partial charge < -0.3 is 32.1 Å². The van der Waals surface area contributed by atoms with Crippen molar-refractivity contribution in [1.29, 1.82) is 0 Å². The average molecular weight is 610 g/mol. The molecule has 1 heterocycles. The average Bonchev–Trinajstić information content (AvgIpc) is 2.82. The highest BCUT2D eigenvalue weighted by Crippen LogP contribution is 2.29. The van der Waals surface area contributed by atoms with Gasteiger partial charge in [-0.1, -0.05) is 12.1 Å². The number of anilines is 1. The smallest absolute Gasteiger partial charge is 0.271 e. The summed E-state index contributed by atoms with van der Waals surface area (Å²) in [5.41, 5.74) is 5.84. The lowest BCUT2D eigenvalue weighted by Gasteiger charge is -2.22. The predicted octanol–water partition coefficient (Wildman–Crippen LogP) is 0.148. The van der Waals surface area contributed by atoms with Gasteiger partial charge in [0.1, 0.15) is 17.8 Å². The molecule has 2 atom stereocenters. The molecule has 0 aliphatic carbocycles. The maximum Gasteiger partial charge on any atom is 0.271 e. The molecule has 2 aromatic carbocycles. The van der Waals surface area contributed by atoms with Crippen LogP contribution in [0.2, 0.25) is 0 Å². The van der Waals surface area contributed by atoms with E-state index in [9.17, 15) is 34.4 Å². The molecule has 14 heteroatoms. The Morgan fingerprint density at radius 2 is 1.83 bits per heavy atom. The summed E-state index contributed by atoms with van der Waals surface area (Å²) in [6.07, 6.45) is 0.0603. The summed E-state index contributed by atoms with van der Waals surface area (Å²) in [7, 11) is 0. The van der Waals surface area contributed by atoms with Crippen LogP contribution in [0.25, 0.3) is 0 Å². The molecule has 36 heavy (non-hydrogen) atoms. The SMILES string of the molecule is NC(=O)C1CCNc2c(I)cc([N+](=O)[O-])cc2C(=O)N[C@@H](Cc2ccc(O)cc2)C(=O)NCC(=O)N1. The van der Waals surface area contributed by atoms with Crippen LogP contribution in [0.15, 0.2) is 36.4 Å². The maximum atomic E-state index is 13.3. The van der Waals surface area contributed by atoms with E-state index in [2.05, 4.69) is 21.3 Å². The molecule has 1 aliphatic heterocycles. The zero-order valence-electron chi connectivity index (χ0n) is 18.7. The number of nitrogens with one attached hydrogen (secondary N) is 4. The Hall–Kier alpha value is -3.95. The Bertz CT molecular complexity index is 1200. The Morgan fingerprint density at radius 1 is 1.14 bits per heavy atom. The molecular formula is C22H23IN6O7. The van der Waals surface area contributed by atoms with Crippen molar-refractivity contribution >= 4 is 57.6 Å². The van der Waals surface area contributed by atoms with Crippen LogP contribution in [0.1, 0.15) is 22.3 Å². The Labute approximate surface area is 218 Å². The number of primary amides is 1. The van der Waals surface area contributed by atoms with Crippen LogP contribution >= 0.6 is 22.6 Å². The second-order valence-electron chi connectivity index (χ2n) is 7.96. The number of benzene rings is 2. The summed E-state index contributed by atoms with van der Waals surface area (Å²) in [6.45, 7) is -0.372. The van der Waals surface area contributed by atoms with Crippen LogP contribution in [0.5, 0.6) is 5.75 Å². The monoisotopic (exact) mass is 610 g/mol. The van der Waals surface area contributed by atoms with Crippen molar-refractivity contribution in [1.82, 2.24) is 16.0 Å². The van der Waals surface area contributed by atoms with Gasteiger partial charge >= 0.3 is 0 Å². The lowest BCUT2D eigenvalue weighted by molar-refractivity contribution is -0.384. The number of phenolic OH excluding ortho intramolecular Hbond substituents is 1. The normalized spacial score (nSPS) is 19.0. The fourth-order valence-corrected chi connectivity index (χ4v) is 4.33. The molecule has 0 fully saturated rings. The molecule has 190 valence electrons. The van der Waals surface area contributed by atoms with E-state index in [1.807, 2.05) is 22.6 Å². The number of hydrogen-bond acceptors (Lipinski definition) is 8. The van der Waals surface area contributed by atoms with Gasteiger partial charge in [-0.3, -0.25) is 29.3 Å². The molecule has 0 aromatic heterocycles. The first kappa shape index (κ1) is 26.7. The number of non-ortho nitro benzene ring substituents is 1. The number of amides is 4. The van der Waals surface area contributed by atoms with Gasteiger partial charge in [-0.25, -0.2) is 0 Å². The summed E-state index contributed by atoms with van der Waals surface area (Å²) >= 11 is 1.84. The van der Waals surface area contributed by atoms with Crippen LogP contribution < -0.4 is 27.0 Å². The molecule has 13 nitrogen and oxygen atoms in total. The zero-order chi connectivity index (χ0) is 26.4. The van der Waals surface area contributed by atoms with E-state index >= 15 is 0 Å². The van der Waals surface area contributed by atoms with Crippen molar-refractivity contribution in [3.63, 3.8) is 0 Å². The number of fused-ring (bicyclic) bond motifs is 1. The number of nitrogens with zero attached hydrogens (tertiary/aromatic N) is 1. The van der Waals surface area contributed by atoms with Gasteiger partial charge in [0.25, 0.3) is 11.6 Å². The number of aromatic hydroxyl groups is 1. The van der Waals surface area contributed by atoms with Crippen LogP contribution in [0, 0.1) is 13.7 Å². The van der Waals surface area contributed by atoms with Crippen LogP contribution in [-0.4, -0.2) is 58.8 Å². The van der Waals surface area contributed by atoms with E-state index in [0.717, 1.165) is 6.07 Å². The number of rotatable bonds is 4. The van der Waals surface area contributed by atoms with Gasteiger partial charge in [0, 0.05) is 28.7 Å². The topological polar surface area (TPSA) is 206 Å². The molecule has 1 unspecified atom stereocenters. The number of nitro benzene ring substituents is 1. The van der Waals surface area contributed by atoms with E-state index in [1.165, 1.54) is 18.2 Å². The molecule has 0 saturated carbocycles. The lowest BCUT2D eigenvalue weighted by atomic mass is 10.0. The minimum atomic E-state index is -1.17. The fourth-order valence-electron chi connectivity index (χ4n) is 3.53. The van der Waals surface area contributed by atoms with Gasteiger partial charge in [-0.2, -0.15) is 0 Å². The molecule has 0 spiro atoms. The molecule has 0 bridgehead atoms. The van der Waals surface area contributed by atoms with E-state index in [-0.39, 0.29) is 42.1 Å². The number of hydrogen-bond donors (Lipinski definition) is 6. The summed E-state index contributed by atoms with van der Waals surface area (Å²) in [5, 5.41) is 31.4. The predicted molar refractivity (Wildman–Crippen MR) is 136 cm³/mol. The van der Waals surface area contributed by atoms with E-state index in [0.29, 0.717) is 9.13 Å². The minimum Gasteiger partial charge on any atom is -0.508 e. The lowest BCUT2D eigenvalue weighted by Crippen LogP contribution is -2.52. The highest BCUT2D eigenvalue weighted by molar-refractivity contribution is 14.1. The van der Waals surface area contributed by atoms with Crippen molar-refractivity contribution in [2.24, 2.45) is 5.73 Å². The number of phenols is 1. The zero-order valence-corrected chi connectivity index (χ0v) is 20.9. The van der Waals surface area contributed by atoms with E-state index in [4.69, 9.17) is 5.73 Å². The van der Waals surface area contributed by atoms with Crippen molar-refractivity contribution in [3.05, 3.63) is 61.2 Å². The number of nitro groups is 1. The molecule has 3 rings (SSSR count). The van der Waals surface area contributed by atoms with Gasteiger partial charge in [0.15, 0.2) is 0 Å². The van der Waals surface area contributed by atoms with Crippen molar-refractivity contribution < 1.29 is 29.2 Å². The van der Waals surface area contributed by atoms with Gasteiger partial charge in [0.05, 0.1) is 22.7 Å². The third kappa shape index (κ3) is 6.80. The molecule has 2 aromatic rings. The molecule has 1 aliphatic rings. The number of carbonyl (C=O) groups excluding carboxylic acids is 4. The van der Waals surface area contributed by atoms with E-state index < -0.39 is 47.2 Å². The Morgan fingerprint density at radius 3 is 2.47 bits per heavy atom. The largest absolute Gasteiger partial charge is 0.508 e. The van der Waals surface area contributed by atoms with Crippen LogP contribution in [0.3, 0.4) is 0 Å². The van der Waals surface area contributed by atoms with Crippen molar-refractivity contribution in [3.8, 4) is 5.75 Å². The number of halogens is 1. The first-order valence-corrected chi connectivity index (χ1v) is 11.8. The standard InChI is InChI=1S/C22H23IN6O7/c23-15-9-12(29(35)36)8-14-19(15)25-6-5-16(20(24)32)27-18(31)10-26-22(34)17(28-21(14)33)7-11-1-3-13(30)4-2-11/h1-4,8-9,16-17,25,30H,5-7,10H2,(H2,24,32)(H,26,34)(H,27,31)(H,28,33)/t16?,17-/m0/s1. The molecular weight excluding hydrogens is 587 g/mol. The maximum absolute atomic E-state index is 13.3. The van der Waals surface area contributed by atoms with Crippen molar-refractivity contribution in [2.75, 3.05) is 18.4 Å². The number of nitrogens with two attached hydrogens (primary N) is 1. The van der Waals surface area contributed by atoms with Crippen molar-refractivity contribution in [2.45, 2.75) is 24.9 Å². The fraction of sp³-hybridized carbons (Fsp3) is 0.273. The summed E-state index contributed by atoms with van der Waals surface area (Å²) in [5.74, 6) is -2.88. The summed E-state index contributed by atoms with van der Waals surface area (Å²) in [6, 6.07) is 6.10. The Balaban J connectivity index is 2.02. The van der Waals surface area contributed by atoms with Gasteiger partial charge in [0.2, 0.25) is 17.7 Å². The number of carbonyl (C=O) groups is 4. The van der Waals surface area contributed by atoms with Gasteiger partial charge in [-0.15, -0.1) is 0 Å². The van der Waals surface area contributed by atoms with E-state index in [1.54, 1.807) is 12.1 Å². The van der Waals surface area contributed by atoms with Crippen LogP contribution in [0.4, 0.5) is 11.4 Å². The molecule has 0 saturated heterocycles. The van der Waals surface area contributed by atoms with Gasteiger partial charge in [-0.05, 0) is 46.7 Å². The first-order chi connectivity index (χ1) is 17.0. The van der Waals surface area contributed by atoms with Crippen LogP contribution in [-0.2, 0) is 20.8 Å². The minimum absolute atomic E-state index is 0.00182. The second kappa shape index (κ2) is 11.7. The second-order valence-corrected chi connectivity index (χ2v) is 9.12. The Kier molecular flexibility index (Phi) is 8.63. The highest BCUT2D eigenvalue weighted by atomic mass is 127. The highest BCUT2D eigenvalue weighted by Gasteiger charge is 2.27. The quantitative estimate of drug-likeness (QED) is 0.159. The molecule has 0 radical (unpaired) electrons. The summed E-state index contributed by atoms with van der Waals surface area (Å²) in [4.78, 5) is 61.1. The molecule has 4 amide bonds.